The van der Waals surface area contributed by atoms with E-state index in [-0.39, 0.29) is 12.0 Å². The van der Waals surface area contributed by atoms with Crippen LogP contribution in [0.4, 0.5) is 5.69 Å². The molecule has 23 heavy (non-hydrogen) atoms. The van der Waals surface area contributed by atoms with Gasteiger partial charge in [0, 0.05) is 12.2 Å². The highest BCUT2D eigenvalue weighted by Gasteiger charge is 2.28. The molecule has 2 aromatic carbocycles. The first kappa shape index (κ1) is 15.8. The fourth-order valence-corrected chi connectivity index (χ4v) is 3.26. The Labute approximate surface area is 140 Å². The number of anilines is 1. The van der Waals surface area contributed by atoms with Crippen LogP contribution in [0.25, 0.3) is 0 Å². The fourth-order valence-electron chi connectivity index (χ4n) is 2.90. The van der Waals surface area contributed by atoms with E-state index in [1.165, 1.54) is 0 Å². The number of amides is 1. The molecule has 1 aliphatic rings. The molecule has 2 N–H and O–H groups in total. The molecule has 5 heteroatoms. The van der Waals surface area contributed by atoms with E-state index >= 15 is 0 Å². The Hall–Kier alpha value is -2.04. The van der Waals surface area contributed by atoms with Gasteiger partial charge in [0.05, 0.1) is 23.7 Å². The number of benzene rings is 2. The third-order valence-electron chi connectivity index (χ3n) is 4.05. The Morgan fingerprint density at radius 2 is 2.04 bits per heavy atom. The summed E-state index contributed by atoms with van der Waals surface area (Å²) >= 11 is 6.24. The largest absolute Gasteiger partial charge is 0.399 e. The molecule has 0 spiro atoms. The summed E-state index contributed by atoms with van der Waals surface area (Å²) in [6, 6.07) is 13.3. The summed E-state index contributed by atoms with van der Waals surface area (Å²) in [5.41, 5.74) is 8.73. The second-order valence-electron chi connectivity index (χ2n) is 5.72. The highest BCUT2D eigenvalue weighted by Crippen LogP contribution is 2.28. The molecular weight excluding hydrogens is 312 g/mol. The van der Waals surface area contributed by atoms with Crippen molar-refractivity contribution in [2.75, 3.05) is 25.4 Å². The van der Waals surface area contributed by atoms with Crippen molar-refractivity contribution >= 4 is 23.2 Å². The lowest BCUT2D eigenvalue weighted by Crippen LogP contribution is -2.42. The third kappa shape index (κ3) is 3.33. The molecule has 1 aliphatic heterocycles. The van der Waals surface area contributed by atoms with Crippen molar-refractivity contribution in [3.8, 4) is 0 Å². The van der Waals surface area contributed by atoms with Crippen LogP contribution in [0, 0.1) is 6.92 Å². The van der Waals surface area contributed by atoms with Gasteiger partial charge in [-0.2, -0.15) is 0 Å². The van der Waals surface area contributed by atoms with Crippen LogP contribution in [0.1, 0.15) is 27.6 Å². The number of carbonyl (C=O) groups excluding carboxylic acids is 1. The monoisotopic (exact) mass is 330 g/mol. The molecule has 120 valence electrons. The standard InChI is InChI=1S/C18H19ClN2O2/c1-12-9-14(20)10-15(19)17(12)18(22)21-7-8-23-16(11-21)13-5-3-2-4-6-13/h2-6,9-10,16H,7-8,11,20H2,1H3/t16-/m1/s1. The zero-order valence-electron chi connectivity index (χ0n) is 13.0. The SMILES string of the molecule is Cc1cc(N)cc(Cl)c1C(=O)N1CCO[C@@H](c2ccccc2)C1. The molecule has 0 unspecified atom stereocenters. The number of nitrogens with zero attached hydrogens (tertiary/aromatic N) is 1. The molecule has 1 amide bonds. The lowest BCUT2D eigenvalue weighted by Gasteiger charge is -2.33. The van der Waals surface area contributed by atoms with Crippen LogP contribution in [0.15, 0.2) is 42.5 Å². The zero-order chi connectivity index (χ0) is 16.4. The normalized spacial score (nSPS) is 18.0. The number of carbonyl (C=O) groups is 1. The number of aryl methyl sites for hydroxylation is 1. The van der Waals surface area contributed by atoms with Crippen molar-refractivity contribution in [2.24, 2.45) is 0 Å². The second kappa shape index (κ2) is 6.60. The Morgan fingerprint density at radius 3 is 2.74 bits per heavy atom. The van der Waals surface area contributed by atoms with E-state index in [0.717, 1.165) is 11.1 Å². The molecule has 4 nitrogen and oxygen atoms in total. The highest BCUT2D eigenvalue weighted by atomic mass is 35.5. The number of nitrogens with two attached hydrogens (primary N) is 1. The van der Waals surface area contributed by atoms with Crippen molar-refractivity contribution in [1.29, 1.82) is 0 Å². The molecule has 1 saturated heterocycles. The van der Waals surface area contributed by atoms with Gasteiger partial charge < -0.3 is 15.4 Å². The van der Waals surface area contributed by atoms with Gasteiger partial charge in [-0.1, -0.05) is 41.9 Å². The Kier molecular flexibility index (Phi) is 4.55. The van der Waals surface area contributed by atoms with Gasteiger partial charge in [-0.05, 0) is 30.2 Å². The topological polar surface area (TPSA) is 55.6 Å². The first-order valence-corrected chi connectivity index (χ1v) is 7.95. The molecule has 0 radical (unpaired) electrons. The van der Waals surface area contributed by atoms with Gasteiger partial charge in [0.25, 0.3) is 5.91 Å². The second-order valence-corrected chi connectivity index (χ2v) is 6.12. The molecule has 2 aromatic rings. The van der Waals surface area contributed by atoms with Crippen LogP contribution in [0.3, 0.4) is 0 Å². The van der Waals surface area contributed by atoms with Gasteiger partial charge in [0.2, 0.25) is 0 Å². The van der Waals surface area contributed by atoms with Crippen molar-refractivity contribution in [1.82, 2.24) is 4.90 Å². The van der Waals surface area contributed by atoms with Crippen molar-refractivity contribution < 1.29 is 9.53 Å². The van der Waals surface area contributed by atoms with Crippen LogP contribution >= 0.6 is 11.6 Å². The number of hydrogen-bond donors (Lipinski definition) is 1. The first-order valence-electron chi connectivity index (χ1n) is 7.57. The minimum Gasteiger partial charge on any atom is -0.399 e. The molecule has 0 saturated carbocycles. The molecule has 3 rings (SSSR count). The Morgan fingerprint density at radius 1 is 1.30 bits per heavy atom. The summed E-state index contributed by atoms with van der Waals surface area (Å²) in [7, 11) is 0. The van der Waals surface area contributed by atoms with Crippen molar-refractivity contribution in [3.05, 3.63) is 64.2 Å². The van der Waals surface area contributed by atoms with Crippen LogP contribution in [-0.2, 0) is 4.74 Å². The number of hydrogen-bond acceptors (Lipinski definition) is 3. The van der Waals surface area contributed by atoms with Crippen molar-refractivity contribution in [2.45, 2.75) is 13.0 Å². The summed E-state index contributed by atoms with van der Waals surface area (Å²) in [5.74, 6) is -0.0725. The predicted molar refractivity (Wildman–Crippen MR) is 91.6 cm³/mol. The highest BCUT2D eigenvalue weighted by molar-refractivity contribution is 6.34. The fraction of sp³-hybridized carbons (Fsp3) is 0.278. The van der Waals surface area contributed by atoms with Gasteiger partial charge in [-0.25, -0.2) is 0 Å². The average molecular weight is 331 g/mol. The van der Waals surface area contributed by atoms with Gasteiger partial charge in [-0.15, -0.1) is 0 Å². The number of ether oxygens (including phenoxy) is 1. The number of morpholine rings is 1. The maximum absolute atomic E-state index is 12.9. The summed E-state index contributed by atoms with van der Waals surface area (Å²) in [4.78, 5) is 14.7. The van der Waals surface area contributed by atoms with Crippen LogP contribution in [0.2, 0.25) is 5.02 Å². The summed E-state index contributed by atoms with van der Waals surface area (Å²) in [6.07, 6.45) is -0.109. The van der Waals surface area contributed by atoms with E-state index in [9.17, 15) is 4.79 Å². The van der Waals surface area contributed by atoms with Gasteiger partial charge >= 0.3 is 0 Å². The Bertz CT molecular complexity index is 695. The average Bonchev–Trinajstić information content (AvgIpc) is 2.55. The molecule has 1 heterocycles. The van der Waals surface area contributed by atoms with Gasteiger partial charge in [-0.3, -0.25) is 4.79 Å². The molecule has 1 atom stereocenters. The molecule has 0 aliphatic carbocycles. The van der Waals surface area contributed by atoms with Gasteiger partial charge in [0.15, 0.2) is 0 Å². The smallest absolute Gasteiger partial charge is 0.255 e. The van der Waals surface area contributed by atoms with Crippen LogP contribution in [-0.4, -0.2) is 30.5 Å². The van der Waals surface area contributed by atoms with E-state index in [2.05, 4.69) is 0 Å². The zero-order valence-corrected chi connectivity index (χ0v) is 13.7. The lowest BCUT2D eigenvalue weighted by atomic mass is 10.0. The van der Waals surface area contributed by atoms with E-state index in [1.807, 2.05) is 37.3 Å². The maximum Gasteiger partial charge on any atom is 0.255 e. The number of rotatable bonds is 2. The van der Waals surface area contributed by atoms with E-state index in [0.29, 0.717) is 36.0 Å². The maximum atomic E-state index is 12.9. The van der Waals surface area contributed by atoms with E-state index < -0.39 is 0 Å². The van der Waals surface area contributed by atoms with E-state index in [1.54, 1.807) is 17.0 Å². The molecule has 0 bridgehead atoms. The molecule has 1 fully saturated rings. The van der Waals surface area contributed by atoms with Gasteiger partial charge in [0.1, 0.15) is 6.10 Å². The predicted octanol–water partition coefficient (Wildman–Crippen LogP) is 3.44. The number of halogens is 1. The third-order valence-corrected chi connectivity index (χ3v) is 4.35. The lowest BCUT2D eigenvalue weighted by molar-refractivity contribution is -0.0228. The van der Waals surface area contributed by atoms with Crippen LogP contribution < -0.4 is 5.73 Å². The Balaban J connectivity index is 1.83. The van der Waals surface area contributed by atoms with Crippen molar-refractivity contribution in [3.63, 3.8) is 0 Å². The minimum absolute atomic E-state index is 0.0725. The first-order chi connectivity index (χ1) is 11.1. The summed E-state index contributed by atoms with van der Waals surface area (Å²) in [6.45, 7) is 3.44. The van der Waals surface area contributed by atoms with Crippen LogP contribution in [0.5, 0.6) is 0 Å². The minimum atomic E-state index is -0.109. The summed E-state index contributed by atoms with van der Waals surface area (Å²) < 4.78 is 5.81. The quantitative estimate of drug-likeness (QED) is 0.858. The summed E-state index contributed by atoms with van der Waals surface area (Å²) in [5, 5.41) is 0.398. The molecule has 0 aromatic heterocycles. The molecular formula is C18H19ClN2O2. The number of nitrogen functional groups attached to an aromatic ring is 1. The van der Waals surface area contributed by atoms with E-state index in [4.69, 9.17) is 22.1 Å².